The Hall–Kier alpha value is -2.67. The van der Waals surface area contributed by atoms with Crippen molar-refractivity contribution in [1.29, 1.82) is 5.26 Å². The van der Waals surface area contributed by atoms with E-state index in [1.165, 1.54) is 11.1 Å². The molecule has 0 spiro atoms. The molecule has 4 atom stereocenters. The zero-order chi connectivity index (χ0) is 27.2. The largest absolute Gasteiger partial charge is 0.444 e. The van der Waals surface area contributed by atoms with Gasteiger partial charge in [0.2, 0.25) is 5.91 Å². The number of likely N-dealkylation sites (N-methyl/N-ethyl adjacent to an activating group) is 1. The first-order valence-electron chi connectivity index (χ1n) is 13.4. The highest BCUT2D eigenvalue weighted by Gasteiger charge is 2.39. The highest BCUT2D eigenvalue weighted by Crippen LogP contribution is 2.24. The minimum Gasteiger partial charge on any atom is -0.444 e. The number of benzene rings is 1. The molecule has 1 aromatic rings. The fraction of sp³-hybridized carbons (Fsp3) is 0.679. The number of aryl methyl sites for hydroxylation is 1. The maximum Gasteiger partial charge on any atom is 0.408 e. The summed E-state index contributed by atoms with van der Waals surface area (Å²) >= 11 is 0. The Morgan fingerprint density at radius 2 is 2.05 bits per heavy atom. The van der Waals surface area contributed by atoms with E-state index in [0.717, 1.165) is 19.5 Å². The van der Waals surface area contributed by atoms with Crippen LogP contribution in [0.3, 0.4) is 0 Å². The van der Waals surface area contributed by atoms with Crippen molar-refractivity contribution in [3.63, 3.8) is 0 Å². The lowest BCUT2D eigenvalue weighted by Gasteiger charge is -2.39. The Morgan fingerprint density at radius 3 is 2.65 bits per heavy atom. The molecule has 0 saturated carbocycles. The van der Waals surface area contributed by atoms with Gasteiger partial charge in [0.15, 0.2) is 0 Å². The van der Waals surface area contributed by atoms with Crippen LogP contribution in [0.5, 0.6) is 0 Å². The Kier molecular flexibility index (Phi) is 9.93. The lowest BCUT2D eigenvalue weighted by Crippen LogP contribution is -2.58. The van der Waals surface area contributed by atoms with Crippen molar-refractivity contribution < 1.29 is 19.2 Å². The SMILES string of the molecule is CCN(CC(NC(=O)OC(C)(C)C)C(=O)N1CC(C)CC1C#N)C1CCN(Cc2ccccc2C)OC1. The van der Waals surface area contributed by atoms with E-state index in [4.69, 9.17) is 9.57 Å². The van der Waals surface area contributed by atoms with E-state index < -0.39 is 23.8 Å². The second kappa shape index (κ2) is 12.7. The molecule has 2 heterocycles. The number of alkyl carbamates (subject to hydrolysis) is 1. The van der Waals surface area contributed by atoms with E-state index in [9.17, 15) is 14.9 Å². The van der Waals surface area contributed by atoms with Gasteiger partial charge >= 0.3 is 6.09 Å². The van der Waals surface area contributed by atoms with Crippen LogP contribution in [0, 0.1) is 24.2 Å². The van der Waals surface area contributed by atoms with E-state index in [-0.39, 0.29) is 17.9 Å². The highest BCUT2D eigenvalue weighted by atomic mass is 16.7. The van der Waals surface area contributed by atoms with Crippen LogP contribution in [-0.2, 0) is 20.9 Å². The molecule has 2 amide bonds. The van der Waals surface area contributed by atoms with Gasteiger partial charge in [0, 0.05) is 32.2 Å². The second-order valence-electron chi connectivity index (χ2n) is 11.3. The van der Waals surface area contributed by atoms with Crippen molar-refractivity contribution in [3.05, 3.63) is 35.4 Å². The molecule has 2 fully saturated rings. The molecule has 0 radical (unpaired) electrons. The van der Waals surface area contributed by atoms with Crippen molar-refractivity contribution in [2.45, 2.75) is 84.7 Å². The molecule has 2 aliphatic rings. The van der Waals surface area contributed by atoms with E-state index in [0.29, 0.717) is 32.7 Å². The number of likely N-dealkylation sites (tertiary alicyclic amines) is 1. The van der Waals surface area contributed by atoms with Gasteiger partial charge in [-0.2, -0.15) is 10.3 Å². The number of carbonyl (C=O) groups excluding carboxylic acids is 2. The molecule has 1 aromatic carbocycles. The molecule has 9 nitrogen and oxygen atoms in total. The predicted octanol–water partition coefficient (Wildman–Crippen LogP) is 3.48. The molecule has 0 aliphatic carbocycles. The average molecular weight is 514 g/mol. The number of hydroxylamine groups is 2. The van der Waals surface area contributed by atoms with Crippen molar-refractivity contribution in [1.82, 2.24) is 20.2 Å². The second-order valence-corrected chi connectivity index (χ2v) is 11.3. The third-order valence-corrected chi connectivity index (χ3v) is 7.04. The van der Waals surface area contributed by atoms with Crippen LogP contribution in [-0.4, -0.2) is 83.4 Å². The summed E-state index contributed by atoms with van der Waals surface area (Å²) in [5, 5.41) is 14.4. The number of hydrogen-bond acceptors (Lipinski definition) is 7. The van der Waals surface area contributed by atoms with Crippen LogP contribution in [0.2, 0.25) is 0 Å². The van der Waals surface area contributed by atoms with Gasteiger partial charge in [0.1, 0.15) is 17.7 Å². The van der Waals surface area contributed by atoms with Crippen LogP contribution in [0.25, 0.3) is 0 Å². The van der Waals surface area contributed by atoms with Crippen molar-refractivity contribution in [3.8, 4) is 6.07 Å². The molecule has 4 unspecified atom stereocenters. The predicted molar refractivity (Wildman–Crippen MR) is 141 cm³/mol. The molecular weight excluding hydrogens is 470 g/mol. The number of amides is 2. The topological polar surface area (TPSA) is 98.1 Å². The first kappa shape index (κ1) is 28.9. The molecular formula is C28H43N5O4. The summed E-state index contributed by atoms with van der Waals surface area (Å²) in [6.45, 7) is 15.1. The first-order chi connectivity index (χ1) is 17.5. The number of nitrogens with one attached hydrogen (secondary N) is 1. The molecule has 2 saturated heterocycles. The van der Waals surface area contributed by atoms with E-state index in [2.05, 4.69) is 35.3 Å². The van der Waals surface area contributed by atoms with Crippen LogP contribution in [0.4, 0.5) is 4.79 Å². The van der Waals surface area contributed by atoms with Gasteiger partial charge in [-0.05, 0) is 64.1 Å². The van der Waals surface area contributed by atoms with E-state index in [1.54, 1.807) is 25.7 Å². The number of ether oxygens (including phenoxy) is 1. The fourth-order valence-corrected chi connectivity index (χ4v) is 5.04. The van der Waals surface area contributed by atoms with Crippen LogP contribution >= 0.6 is 0 Å². The summed E-state index contributed by atoms with van der Waals surface area (Å²) in [6.07, 6.45) is 0.896. The van der Waals surface area contributed by atoms with Gasteiger partial charge in [-0.25, -0.2) is 4.79 Å². The number of nitriles is 1. The summed E-state index contributed by atoms with van der Waals surface area (Å²) < 4.78 is 5.46. The summed E-state index contributed by atoms with van der Waals surface area (Å²) in [4.78, 5) is 36.2. The number of rotatable bonds is 8. The molecule has 204 valence electrons. The number of carbonyl (C=O) groups is 2. The van der Waals surface area contributed by atoms with Gasteiger partial charge < -0.3 is 15.0 Å². The fourth-order valence-electron chi connectivity index (χ4n) is 5.04. The van der Waals surface area contributed by atoms with Gasteiger partial charge in [-0.15, -0.1) is 0 Å². The molecule has 3 rings (SSSR count). The molecule has 37 heavy (non-hydrogen) atoms. The monoisotopic (exact) mass is 513 g/mol. The summed E-state index contributed by atoms with van der Waals surface area (Å²) in [5.41, 5.74) is 1.80. The zero-order valence-corrected chi connectivity index (χ0v) is 23.2. The Balaban J connectivity index is 1.67. The smallest absolute Gasteiger partial charge is 0.408 e. The average Bonchev–Trinajstić information content (AvgIpc) is 3.23. The van der Waals surface area contributed by atoms with Crippen molar-refractivity contribution >= 4 is 12.0 Å². The van der Waals surface area contributed by atoms with Crippen molar-refractivity contribution in [2.24, 2.45) is 5.92 Å². The molecule has 0 bridgehead atoms. The maximum absolute atomic E-state index is 13.6. The normalized spacial score (nSPS) is 23.5. The lowest BCUT2D eigenvalue weighted by atomic mass is 10.1. The summed E-state index contributed by atoms with van der Waals surface area (Å²) in [6, 6.07) is 9.37. The van der Waals surface area contributed by atoms with Crippen molar-refractivity contribution in [2.75, 3.05) is 32.8 Å². The number of nitrogens with zero attached hydrogens (tertiary/aromatic N) is 4. The number of hydrogen-bond donors (Lipinski definition) is 1. The third-order valence-electron chi connectivity index (χ3n) is 7.04. The molecule has 1 N–H and O–H groups in total. The van der Waals surface area contributed by atoms with E-state index >= 15 is 0 Å². The molecule has 2 aliphatic heterocycles. The lowest BCUT2D eigenvalue weighted by molar-refractivity contribution is -0.206. The minimum absolute atomic E-state index is 0.109. The molecule has 0 aromatic heterocycles. The summed E-state index contributed by atoms with van der Waals surface area (Å²) in [5.74, 6) is 0.00199. The standard InChI is InChI=1S/C28H43N5O4/c1-7-31(23-12-13-32(36-19-23)17-22-11-9-8-10-21(22)3)18-25(30-27(35)37-28(4,5)6)26(34)33-16-20(2)14-24(33)15-29/h8-11,20,23-25H,7,12-14,16-19H2,1-6H3,(H,30,35). The zero-order valence-electron chi connectivity index (χ0n) is 23.2. The van der Waals surface area contributed by atoms with Crippen LogP contribution < -0.4 is 5.32 Å². The maximum atomic E-state index is 13.6. The van der Waals surface area contributed by atoms with E-state index in [1.807, 2.05) is 31.0 Å². The third kappa shape index (κ3) is 8.16. The first-order valence-corrected chi connectivity index (χ1v) is 13.4. The Morgan fingerprint density at radius 1 is 1.32 bits per heavy atom. The molecule has 9 heteroatoms. The van der Waals surface area contributed by atoms with Crippen LogP contribution in [0.15, 0.2) is 24.3 Å². The van der Waals surface area contributed by atoms with Gasteiger partial charge in [-0.1, -0.05) is 38.1 Å². The van der Waals surface area contributed by atoms with Gasteiger partial charge in [-0.3, -0.25) is 14.5 Å². The highest BCUT2D eigenvalue weighted by molar-refractivity contribution is 5.86. The minimum atomic E-state index is -0.819. The Labute approximate surface area is 221 Å². The summed E-state index contributed by atoms with van der Waals surface area (Å²) in [7, 11) is 0. The van der Waals surface area contributed by atoms with Gasteiger partial charge in [0.25, 0.3) is 0 Å². The quantitative estimate of drug-likeness (QED) is 0.568. The van der Waals surface area contributed by atoms with Crippen LogP contribution in [0.1, 0.15) is 58.6 Å². The Bertz CT molecular complexity index is 964. The van der Waals surface area contributed by atoms with Gasteiger partial charge in [0.05, 0.1) is 12.7 Å².